The van der Waals surface area contributed by atoms with Crippen LogP contribution in [0, 0.1) is 0 Å². The van der Waals surface area contributed by atoms with Gasteiger partial charge in [0.2, 0.25) is 0 Å². The molecule has 5 heteroatoms. The first-order chi connectivity index (χ1) is 7.65. The summed E-state index contributed by atoms with van der Waals surface area (Å²) in [5.41, 5.74) is 0.214. The third-order valence-corrected chi connectivity index (χ3v) is 2.22. The van der Waals surface area contributed by atoms with Crippen LogP contribution in [0.3, 0.4) is 0 Å². The van der Waals surface area contributed by atoms with Crippen molar-refractivity contribution >= 4 is 5.91 Å². The first-order valence-corrected chi connectivity index (χ1v) is 5.20. The van der Waals surface area contributed by atoms with E-state index in [9.17, 15) is 9.90 Å². The summed E-state index contributed by atoms with van der Waals surface area (Å²) in [4.78, 5) is 15.4. The summed E-state index contributed by atoms with van der Waals surface area (Å²) in [5.74, 6) is -0.459. The van der Waals surface area contributed by atoms with Crippen LogP contribution in [0.2, 0.25) is 0 Å². The second-order valence-corrected chi connectivity index (χ2v) is 3.63. The average molecular weight is 224 g/mol. The Morgan fingerprint density at radius 2 is 2.38 bits per heavy atom. The third-order valence-electron chi connectivity index (χ3n) is 2.22. The van der Waals surface area contributed by atoms with Crippen LogP contribution in [0.15, 0.2) is 18.5 Å². The molecule has 0 aliphatic rings. The second-order valence-electron chi connectivity index (χ2n) is 3.63. The number of nitrogens with zero attached hydrogens (tertiary/aromatic N) is 1. The molecule has 3 N–H and O–H groups in total. The Morgan fingerprint density at radius 3 is 3.00 bits per heavy atom. The molecule has 0 spiro atoms. The lowest BCUT2D eigenvalue weighted by Gasteiger charge is -2.13. The molecular formula is C11H16N2O3. The van der Waals surface area contributed by atoms with Crippen molar-refractivity contribution < 1.29 is 15.0 Å². The van der Waals surface area contributed by atoms with Crippen LogP contribution in [0.4, 0.5) is 0 Å². The number of carbonyl (C=O) groups excluding carboxylic acids is 1. The Kier molecular flexibility index (Phi) is 4.72. The van der Waals surface area contributed by atoms with E-state index < -0.39 is 0 Å². The number of hydrogen-bond donors (Lipinski definition) is 3. The summed E-state index contributed by atoms with van der Waals surface area (Å²) >= 11 is 0. The van der Waals surface area contributed by atoms with E-state index in [1.165, 1.54) is 18.5 Å². The van der Waals surface area contributed by atoms with E-state index in [1.807, 2.05) is 6.92 Å². The van der Waals surface area contributed by atoms with Gasteiger partial charge in [0.05, 0.1) is 11.8 Å². The van der Waals surface area contributed by atoms with Gasteiger partial charge < -0.3 is 15.5 Å². The van der Waals surface area contributed by atoms with Gasteiger partial charge in [-0.15, -0.1) is 0 Å². The van der Waals surface area contributed by atoms with Crippen molar-refractivity contribution in [3.05, 3.63) is 24.0 Å². The minimum absolute atomic E-state index is 0.0350. The van der Waals surface area contributed by atoms with Gasteiger partial charge in [0.25, 0.3) is 5.91 Å². The standard InChI is InChI=1S/C11H16N2O3/c1-8(3-2-6-14)13-11(16)9-4-5-12-7-10(9)15/h4-5,7-8,14-15H,2-3,6H2,1H3,(H,13,16). The number of aliphatic hydroxyl groups excluding tert-OH is 1. The molecule has 0 saturated heterocycles. The largest absolute Gasteiger partial charge is 0.505 e. The predicted octanol–water partition coefficient (Wildman–Crippen LogP) is 0.678. The molecule has 0 fully saturated rings. The molecule has 0 saturated carbocycles. The van der Waals surface area contributed by atoms with Crippen LogP contribution in [0.1, 0.15) is 30.1 Å². The minimum atomic E-state index is -0.328. The number of aromatic nitrogens is 1. The molecule has 1 heterocycles. The molecule has 1 rings (SSSR count). The summed E-state index contributed by atoms with van der Waals surface area (Å²) in [6.07, 6.45) is 4.03. The van der Waals surface area contributed by atoms with Gasteiger partial charge in [0.1, 0.15) is 5.75 Å². The minimum Gasteiger partial charge on any atom is -0.505 e. The smallest absolute Gasteiger partial charge is 0.255 e. The fraction of sp³-hybridized carbons (Fsp3) is 0.455. The summed E-state index contributed by atoms with van der Waals surface area (Å²) in [6, 6.07) is 1.43. The molecule has 88 valence electrons. The van der Waals surface area contributed by atoms with E-state index in [1.54, 1.807) is 0 Å². The quantitative estimate of drug-likeness (QED) is 0.686. The summed E-state index contributed by atoms with van der Waals surface area (Å²) in [5, 5.41) is 20.8. The first-order valence-electron chi connectivity index (χ1n) is 5.20. The van der Waals surface area contributed by atoms with E-state index in [0.717, 1.165) is 0 Å². The lowest BCUT2D eigenvalue weighted by Crippen LogP contribution is -2.32. The molecule has 0 aliphatic carbocycles. The number of hydrogen-bond acceptors (Lipinski definition) is 4. The van der Waals surface area contributed by atoms with Crippen LogP contribution < -0.4 is 5.32 Å². The van der Waals surface area contributed by atoms with Crippen LogP contribution in [0.25, 0.3) is 0 Å². The number of rotatable bonds is 5. The lowest BCUT2D eigenvalue weighted by molar-refractivity contribution is 0.0933. The van der Waals surface area contributed by atoms with Crippen molar-refractivity contribution in [1.29, 1.82) is 0 Å². The van der Waals surface area contributed by atoms with Gasteiger partial charge in [-0.2, -0.15) is 0 Å². The third kappa shape index (κ3) is 3.51. The fourth-order valence-corrected chi connectivity index (χ4v) is 1.35. The van der Waals surface area contributed by atoms with Gasteiger partial charge in [0, 0.05) is 18.8 Å². The van der Waals surface area contributed by atoms with Crippen molar-refractivity contribution in [3.8, 4) is 5.75 Å². The van der Waals surface area contributed by atoms with Crippen molar-refractivity contribution in [3.63, 3.8) is 0 Å². The number of aliphatic hydroxyl groups is 1. The van der Waals surface area contributed by atoms with E-state index >= 15 is 0 Å². The van der Waals surface area contributed by atoms with Crippen molar-refractivity contribution in [1.82, 2.24) is 10.3 Å². The van der Waals surface area contributed by atoms with Crippen LogP contribution in [-0.2, 0) is 0 Å². The molecule has 0 radical (unpaired) electrons. The molecule has 5 nitrogen and oxygen atoms in total. The fourth-order valence-electron chi connectivity index (χ4n) is 1.35. The Balaban J connectivity index is 2.56. The van der Waals surface area contributed by atoms with E-state index in [4.69, 9.17) is 5.11 Å². The topological polar surface area (TPSA) is 82.5 Å². The Morgan fingerprint density at radius 1 is 1.62 bits per heavy atom. The molecule has 1 amide bonds. The summed E-state index contributed by atoms with van der Waals surface area (Å²) < 4.78 is 0. The summed E-state index contributed by atoms with van der Waals surface area (Å²) in [7, 11) is 0. The van der Waals surface area contributed by atoms with Crippen molar-refractivity contribution in [2.75, 3.05) is 6.61 Å². The Labute approximate surface area is 94.1 Å². The molecule has 1 aromatic rings. The Bertz CT molecular complexity index is 355. The molecule has 0 aliphatic heterocycles. The maximum absolute atomic E-state index is 11.7. The highest BCUT2D eigenvalue weighted by molar-refractivity contribution is 5.96. The number of aromatic hydroxyl groups is 1. The normalized spacial score (nSPS) is 12.1. The first kappa shape index (κ1) is 12.4. The van der Waals surface area contributed by atoms with E-state index in [2.05, 4.69) is 10.3 Å². The van der Waals surface area contributed by atoms with Gasteiger partial charge in [-0.1, -0.05) is 0 Å². The maximum Gasteiger partial charge on any atom is 0.255 e. The van der Waals surface area contributed by atoms with Gasteiger partial charge in [-0.05, 0) is 25.8 Å². The van der Waals surface area contributed by atoms with Gasteiger partial charge in [-0.25, -0.2) is 0 Å². The van der Waals surface area contributed by atoms with Crippen LogP contribution >= 0.6 is 0 Å². The number of carbonyl (C=O) groups is 1. The number of pyridine rings is 1. The maximum atomic E-state index is 11.7. The zero-order valence-corrected chi connectivity index (χ0v) is 9.18. The zero-order chi connectivity index (χ0) is 12.0. The predicted molar refractivity (Wildman–Crippen MR) is 59.1 cm³/mol. The molecule has 16 heavy (non-hydrogen) atoms. The lowest BCUT2D eigenvalue weighted by atomic mass is 10.1. The summed E-state index contributed by atoms with van der Waals surface area (Å²) in [6.45, 7) is 1.96. The zero-order valence-electron chi connectivity index (χ0n) is 9.18. The van der Waals surface area contributed by atoms with Gasteiger partial charge in [-0.3, -0.25) is 9.78 Å². The van der Waals surface area contributed by atoms with E-state index in [0.29, 0.717) is 12.8 Å². The second kappa shape index (κ2) is 6.07. The molecular weight excluding hydrogens is 208 g/mol. The molecule has 0 aromatic carbocycles. The monoisotopic (exact) mass is 224 g/mol. The highest BCUT2D eigenvalue weighted by Gasteiger charge is 2.12. The average Bonchev–Trinajstić information content (AvgIpc) is 2.26. The molecule has 1 unspecified atom stereocenters. The van der Waals surface area contributed by atoms with Gasteiger partial charge in [0.15, 0.2) is 0 Å². The van der Waals surface area contributed by atoms with Crippen LogP contribution in [-0.4, -0.2) is 33.8 Å². The number of amides is 1. The highest BCUT2D eigenvalue weighted by Crippen LogP contribution is 2.13. The SMILES string of the molecule is CC(CCCO)NC(=O)c1ccncc1O. The highest BCUT2D eigenvalue weighted by atomic mass is 16.3. The van der Waals surface area contributed by atoms with E-state index in [-0.39, 0.29) is 29.9 Å². The Hall–Kier alpha value is -1.62. The number of nitrogens with one attached hydrogen (secondary N) is 1. The van der Waals surface area contributed by atoms with Gasteiger partial charge >= 0.3 is 0 Å². The van der Waals surface area contributed by atoms with Crippen molar-refractivity contribution in [2.24, 2.45) is 0 Å². The van der Waals surface area contributed by atoms with Crippen molar-refractivity contribution in [2.45, 2.75) is 25.8 Å². The van der Waals surface area contributed by atoms with Crippen LogP contribution in [0.5, 0.6) is 5.75 Å². The molecule has 1 aromatic heterocycles. The molecule has 1 atom stereocenters. The molecule has 0 bridgehead atoms.